The molecule has 1 aromatic rings. The van der Waals surface area contributed by atoms with E-state index < -0.39 is 17.8 Å². The molecule has 0 heterocycles. The monoisotopic (exact) mass is 293 g/mol. The van der Waals surface area contributed by atoms with Crippen LogP contribution in [-0.2, 0) is 16.1 Å². The molecule has 6 heteroatoms. The van der Waals surface area contributed by atoms with Crippen LogP contribution in [0.15, 0.2) is 18.2 Å². The summed E-state index contributed by atoms with van der Waals surface area (Å²) < 4.78 is 10.7. The van der Waals surface area contributed by atoms with Gasteiger partial charge in [-0.25, -0.2) is 0 Å². The molecule has 0 saturated heterocycles. The molecule has 2 atom stereocenters. The van der Waals surface area contributed by atoms with Gasteiger partial charge in [-0.05, 0) is 31.0 Å². The maximum Gasteiger partial charge on any atom is 0.307 e. The van der Waals surface area contributed by atoms with Gasteiger partial charge in [-0.15, -0.1) is 0 Å². The second kappa shape index (κ2) is 6.47. The van der Waals surface area contributed by atoms with Gasteiger partial charge in [0.25, 0.3) is 0 Å². The molecule has 1 aromatic carbocycles. The number of hydrogen-bond donors (Lipinski definition) is 2. The average Bonchev–Trinajstić information content (AvgIpc) is 3.26. The van der Waals surface area contributed by atoms with Crippen molar-refractivity contribution in [3.8, 4) is 11.5 Å². The number of carbonyl (C=O) groups excluding carboxylic acids is 1. The first kappa shape index (κ1) is 15.2. The summed E-state index contributed by atoms with van der Waals surface area (Å²) in [5.41, 5.74) is 0.871. The number of benzene rings is 1. The molecular weight excluding hydrogens is 274 g/mol. The lowest BCUT2D eigenvalue weighted by Gasteiger charge is -2.11. The van der Waals surface area contributed by atoms with Crippen LogP contribution in [0.25, 0.3) is 0 Å². The number of carbonyl (C=O) groups is 2. The van der Waals surface area contributed by atoms with Crippen LogP contribution >= 0.6 is 0 Å². The SMILES string of the molecule is CCOc1ccc(CNC(=O)[C@@H]2C[C@H]2C(=O)O)cc1OC. The molecule has 0 spiro atoms. The first-order chi connectivity index (χ1) is 10.1. The predicted molar refractivity (Wildman–Crippen MR) is 75.2 cm³/mol. The summed E-state index contributed by atoms with van der Waals surface area (Å²) in [5.74, 6) is -0.776. The van der Waals surface area contributed by atoms with Crippen LogP contribution in [0.2, 0.25) is 0 Å². The summed E-state index contributed by atoms with van der Waals surface area (Å²) in [5, 5.41) is 11.5. The molecular formula is C15H19NO5. The van der Waals surface area contributed by atoms with Gasteiger partial charge in [-0.1, -0.05) is 6.07 Å². The third-order valence-electron chi connectivity index (χ3n) is 3.44. The highest BCUT2D eigenvalue weighted by Crippen LogP contribution is 2.38. The number of carboxylic acids is 1. The lowest BCUT2D eigenvalue weighted by Crippen LogP contribution is -2.25. The van der Waals surface area contributed by atoms with Crippen LogP contribution in [0.4, 0.5) is 0 Å². The number of carboxylic acid groups (broad SMARTS) is 1. The summed E-state index contributed by atoms with van der Waals surface area (Å²) in [7, 11) is 1.56. The molecule has 0 unspecified atom stereocenters. The topological polar surface area (TPSA) is 84.9 Å². The lowest BCUT2D eigenvalue weighted by atomic mass is 10.2. The van der Waals surface area contributed by atoms with Crippen molar-refractivity contribution in [2.45, 2.75) is 19.9 Å². The van der Waals surface area contributed by atoms with Gasteiger partial charge in [0.05, 0.1) is 25.6 Å². The Morgan fingerprint density at radius 1 is 1.33 bits per heavy atom. The van der Waals surface area contributed by atoms with Crippen molar-refractivity contribution in [1.29, 1.82) is 0 Å². The van der Waals surface area contributed by atoms with Crippen LogP contribution < -0.4 is 14.8 Å². The van der Waals surface area contributed by atoms with E-state index in [-0.39, 0.29) is 5.91 Å². The molecule has 1 aliphatic rings. The van der Waals surface area contributed by atoms with Gasteiger partial charge in [0.15, 0.2) is 11.5 Å². The highest BCUT2D eigenvalue weighted by Gasteiger charge is 2.48. The number of nitrogens with one attached hydrogen (secondary N) is 1. The van der Waals surface area contributed by atoms with E-state index in [4.69, 9.17) is 14.6 Å². The zero-order valence-electron chi connectivity index (χ0n) is 12.1. The molecule has 6 nitrogen and oxygen atoms in total. The van der Waals surface area contributed by atoms with Crippen molar-refractivity contribution in [3.63, 3.8) is 0 Å². The number of methoxy groups -OCH3 is 1. The summed E-state index contributed by atoms with van der Waals surface area (Å²) in [6, 6.07) is 5.43. The average molecular weight is 293 g/mol. The van der Waals surface area contributed by atoms with Crippen LogP contribution in [-0.4, -0.2) is 30.7 Å². The summed E-state index contributed by atoms with van der Waals surface area (Å²) in [6.07, 6.45) is 0.424. The summed E-state index contributed by atoms with van der Waals surface area (Å²) >= 11 is 0. The lowest BCUT2D eigenvalue weighted by molar-refractivity contribution is -0.140. The third kappa shape index (κ3) is 3.65. The molecule has 1 saturated carbocycles. The zero-order valence-corrected chi connectivity index (χ0v) is 12.1. The zero-order chi connectivity index (χ0) is 15.4. The van der Waals surface area contributed by atoms with Crippen LogP contribution in [0.3, 0.4) is 0 Å². The van der Waals surface area contributed by atoms with Crippen LogP contribution in [0.1, 0.15) is 18.9 Å². The van der Waals surface area contributed by atoms with Gasteiger partial charge in [0, 0.05) is 6.54 Å². The van der Waals surface area contributed by atoms with Crippen molar-refractivity contribution in [1.82, 2.24) is 5.32 Å². The Morgan fingerprint density at radius 3 is 2.67 bits per heavy atom. The van der Waals surface area contributed by atoms with E-state index in [0.29, 0.717) is 31.1 Å². The van der Waals surface area contributed by atoms with Crippen molar-refractivity contribution in [2.24, 2.45) is 11.8 Å². The quantitative estimate of drug-likeness (QED) is 0.794. The van der Waals surface area contributed by atoms with Crippen LogP contribution in [0.5, 0.6) is 11.5 Å². The molecule has 114 valence electrons. The Labute approximate surface area is 123 Å². The smallest absolute Gasteiger partial charge is 0.307 e. The predicted octanol–water partition coefficient (Wildman–Crippen LogP) is 1.43. The molecule has 2 rings (SSSR count). The van der Waals surface area contributed by atoms with E-state index in [1.54, 1.807) is 19.2 Å². The van der Waals surface area contributed by atoms with E-state index in [0.717, 1.165) is 5.56 Å². The number of ether oxygens (including phenoxy) is 2. The number of amides is 1. The molecule has 0 aromatic heterocycles. The van der Waals surface area contributed by atoms with E-state index in [1.807, 2.05) is 13.0 Å². The molecule has 0 bridgehead atoms. The molecule has 0 aliphatic heterocycles. The van der Waals surface area contributed by atoms with Gasteiger partial charge in [-0.2, -0.15) is 0 Å². The molecule has 1 aliphatic carbocycles. The van der Waals surface area contributed by atoms with E-state index in [2.05, 4.69) is 5.32 Å². The minimum absolute atomic E-state index is 0.213. The highest BCUT2D eigenvalue weighted by atomic mass is 16.5. The Balaban J connectivity index is 1.91. The van der Waals surface area contributed by atoms with Crippen molar-refractivity contribution in [3.05, 3.63) is 23.8 Å². The maximum atomic E-state index is 11.8. The first-order valence-corrected chi connectivity index (χ1v) is 6.87. The Hall–Kier alpha value is -2.24. The fourth-order valence-electron chi connectivity index (χ4n) is 2.17. The normalized spacial score (nSPS) is 19.7. The van der Waals surface area contributed by atoms with Gasteiger partial charge in [0.1, 0.15) is 0 Å². The largest absolute Gasteiger partial charge is 0.493 e. The summed E-state index contributed by atoms with van der Waals surface area (Å²) in [6.45, 7) is 2.78. The van der Waals surface area contributed by atoms with Gasteiger partial charge < -0.3 is 19.9 Å². The minimum atomic E-state index is -0.905. The molecule has 0 radical (unpaired) electrons. The molecule has 2 N–H and O–H groups in total. The number of aliphatic carboxylic acids is 1. The highest BCUT2D eigenvalue weighted by molar-refractivity contribution is 5.89. The van der Waals surface area contributed by atoms with Gasteiger partial charge in [-0.3, -0.25) is 9.59 Å². The number of hydrogen-bond acceptors (Lipinski definition) is 4. The number of rotatable bonds is 7. The van der Waals surface area contributed by atoms with Crippen molar-refractivity contribution < 1.29 is 24.2 Å². The summed E-state index contributed by atoms with van der Waals surface area (Å²) in [4.78, 5) is 22.5. The van der Waals surface area contributed by atoms with Gasteiger partial charge >= 0.3 is 5.97 Å². The van der Waals surface area contributed by atoms with Crippen molar-refractivity contribution >= 4 is 11.9 Å². The minimum Gasteiger partial charge on any atom is -0.493 e. The van der Waals surface area contributed by atoms with Gasteiger partial charge in [0.2, 0.25) is 5.91 Å². The van der Waals surface area contributed by atoms with Crippen LogP contribution in [0, 0.1) is 11.8 Å². The molecule has 21 heavy (non-hydrogen) atoms. The second-order valence-corrected chi connectivity index (χ2v) is 4.92. The Kier molecular flexibility index (Phi) is 4.67. The maximum absolute atomic E-state index is 11.8. The van der Waals surface area contributed by atoms with E-state index in [1.165, 1.54) is 0 Å². The molecule has 1 fully saturated rings. The fourth-order valence-corrected chi connectivity index (χ4v) is 2.17. The second-order valence-electron chi connectivity index (χ2n) is 4.92. The third-order valence-corrected chi connectivity index (χ3v) is 3.44. The Bertz CT molecular complexity index is 543. The first-order valence-electron chi connectivity index (χ1n) is 6.87. The fraction of sp³-hybridized carbons (Fsp3) is 0.467. The molecule has 1 amide bonds. The van der Waals surface area contributed by atoms with E-state index >= 15 is 0 Å². The standard InChI is InChI=1S/C15H19NO5/c1-3-21-12-5-4-9(6-13(12)20-2)8-16-14(17)10-7-11(10)15(18)19/h4-6,10-11H,3,7-8H2,1-2H3,(H,16,17)(H,18,19)/t10-,11-/m1/s1. The van der Waals surface area contributed by atoms with E-state index in [9.17, 15) is 9.59 Å². The Morgan fingerprint density at radius 2 is 2.10 bits per heavy atom. The van der Waals surface area contributed by atoms with Crippen molar-refractivity contribution in [2.75, 3.05) is 13.7 Å².